The van der Waals surface area contributed by atoms with Crippen molar-refractivity contribution in [3.63, 3.8) is 0 Å². The molecule has 1 aromatic rings. The van der Waals surface area contributed by atoms with Crippen molar-refractivity contribution in [3.8, 4) is 0 Å². The molecule has 0 aliphatic heterocycles. The lowest BCUT2D eigenvalue weighted by Crippen LogP contribution is -2.47. The lowest BCUT2D eigenvalue weighted by Gasteiger charge is -2.20. The van der Waals surface area contributed by atoms with Gasteiger partial charge in [0.15, 0.2) is 6.04 Å². The second-order valence-corrected chi connectivity index (χ2v) is 6.41. The highest BCUT2D eigenvalue weighted by molar-refractivity contribution is 5.89. The normalized spacial score (nSPS) is 13.7. The maximum Gasteiger partial charge on any atom is 0.331 e. The smallest absolute Gasteiger partial charge is 0.331 e. The molecule has 2 amide bonds. The highest BCUT2D eigenvalue weighted by atomic mass is 16.5. The van der Waals surface area contributed by atoms with Crippen LogP contribution in [0.15, 0.2) is 43.0 Å². The van der Waals surface area contributed by atoms with Gasteiger partial charge in [0.1, 0.15) is 6.61 Å². The number of esters is 1. The van der Waals surface area contributed by atoms with Crippen LogP contribution in [0.4, 0.5) is 0 Å². The molecule has 0 saturated carbocycles. The van der Waals surface area contributed by atoms with Gasteiger partial charge < -0.3 is 25.6 Å². The monoisotopic (exact) mass is 392 g/mol. The Bertz CT molecular complexity index is 649. The second-order valence-electron chi connectivity index (χ2n) is 6.41. The number of carbonyl (C=O) groups excluding carboxylic acids is 3. The summed E-state index contributed by atoms with van der Waals surface area (Å²) in [5, 5.41) is 23.4. The summed E-state index contributed by atoms with van der Waals surface area (Å²) in [4.78, 5) is 36.6. The lowest BCUT2D eigenvalue weighted by molar-refractivity contribution is -0.150. The Morgan fingerprint density at radius 3 is 2.39 bits per heavy atom. The van der Waals surface area contributed by atoms with Crippen molar-refractivity contribution in [2.45, 2.75) is 38.5 Å². The zero-order chi connectivity index (χ0) is 20.9. The predicted octanol–water partition coefficient (Wildman–Crippen LogP) is 0.286. The highest BCUT2D eigenvalue weighted by Crippen LogP contribution is 2.11. The summed E-state index contributed by atoms with van der Waals surface area (Å²) in [7, 11) is 0. The van der Waals surface area contributed by atoms with Crippen molar-refractivity contribution in [2.24, 2.45) is 5.92 Å². The van der Waals surface area contributed by atoms with Crippen LogP contribution in [0, 0.1) is 5.92 Å². The molecule has 0 saturated heterocycles. The number of aliphatic hydroxyl groups excluding tert-OH is 2. The number of aliphatic hydroxyl groups is 2. The number of allylic oxidation sites excluding steroid dienone is 1. The van der Waals surface area contributed by atoms with E-state index in [0.717, 1.165) is 5.56 Å². The van der Waals surface area contributed by atoms with Gasteiger partial charge in [-0.05, 0) is 18.9 Å². The van der Waals surface area contributed by atoms with E-state index in [1.54, 1.807) is 31.2 Å². The van der Waals surface area contributed by atoms with Crippen LogP contribution in [0.1, 0.15) is 25.3 Å². The number of nitrogens with one attached hydrogen (secondary N) is 2. The largest absolute Gasteiger partial charge is 0.459 e. The molecular weight excluding hydrogens is 364 g/mol. The van der Waals surface area contributed by atoms with Gasteiger partial charge in [0.25, 0.3) is 0 Å². The molecule has 0 aliphatic carbocycles. The standard InChI is InChI=1S/C20H28N2O6/c1-3-7-16(10-18(25)21-14(2)11-23)19(26)22-17(12-24)20(27)28-13-15-8-5-4-6-9-15/h3-6,8-9,14,16-17,23-24H,1,7,10-13H2,2H3,(H,21,25)(H,22,26). The third-order valence-corrected chi connectivity index (χ3v) is 3.94. The van der Waals surface area contributed by atoms with Gasteiger partial charge in [-0.1, -0.05) is 36.4 Å². The Morgan fingerprint density at radius 2 is 1.82 bits per heavy atom. The molecule has 0 heterocycles. The fourth-order valence-corrected chi connectivity index (χ4v) is 2.39. The maximum absolute atomic E-state index is 12.5. The Kier molecular flexibility index (Phi) is 10.5. The molecule has 1 aromatic carbocycles. The number of rotatable bonds is 12. The number of carbonyl (C=O) groups is 3. The number of benzene rings is 1. The van der Waals surface area contributed by atoms with E-state index < -0.39 is 42.4 Å². The average molecular weight is 392 g/mol. The second kappa shape index (κ2) is 12.6. The Morgan fingerprint density at radius 1 is 1.14 bits per heavy atom. The van der Waals surface area contributed by atoms with Gasteiger partial charge in [-0.3, -0.25) is 9.59 Å². The SMILES string of the molecule is C=CCC(CC(=O)NC(C)CO)C(=O)NC(CO)C(=O)OCc1ccccc1. The molecule has 3 atom stereocenters. The predicted molar refractivity (Wildman–Crippen MR) is 103 cm³/mol. The van der Waals surface area contributed by atoms with Gasteiger partial charge in [0, 0.05) is 12.5 Å². The van der Waals surface area contributed by atoms with Crippen LogP contribution in [-0.2, 0) is 25.7 Å². The zero-order valence-corrected chi connectivity index (χ0v) is 16.0. The molecule has 0 aromatic heterocycles. The van der Waals surface area contributed by atoms with Crippen LogP contribution in [0.3, 0.4) is 0 Å². The molecule has 28 heavy (non-hydrogen) atoms. The molecule has 0 radical (unpaired) electrons. The van der Waals surface area contributed by atoms with E-state index >= 15 is 0 Å². The van der Waals surface area contributed by atoms with Gasteiger partial charge >= 0.3 is 5.97 Å². The molecule has 1 rings (SSSR count). The first kappa shape index (κ1) is 23.3. The highest BCUT2D eigenvalue weighted by Gasteiger charge is 2.27. The number of ether oxygens (including phenoxy) is 1. The molecule has 3 unspecified atom stereocenters. The summed E-state index contributed by atoms with van der Waals surface area (Å²) >= 11 is 0. The lowest BCUT2D eigenvalue weighted by atomic mass is 9.99. The van der Waals surface area contributed by atoms with Crippen molar-refractivity contribution in [1.82, 2.24) is 10.6 Å². The maximum atomic E-state index is 12.5. The van der Waals surface area contributed by atoms with Gasteiger partial charge in [0.05, 0.1) is 19.1 Å². The number of amides is 2. The van der Waals surface area contributed by atoms with Crippen molar-refractivity contribution in [2.75, 3.05) is 13.2 Å². The quantitative estimate of drug-likeness (QED) is 0.299. The molecule has 0 spiro atoms. The molecule has 8 heteroatoms. The summed E-state index contributed by atoms with van der Waals surface area (Å²) in [5.74, 6) is -2.51. The molecule has 0 fully saturated rings. The van der Waals surface area contributed by atoms with Crippen molar-refractivity contribution in [3.05, 3.63) is 48.6 Å². The van der Waals surface area contributed by atoms with Crippen molar-refractivity contribution < 1.29 is 29.3 Å². The van der Waals surface area contributed by atoms with E-state index in [1.165, 1.54) is 6.08 Å². The van der Waals surface area contributed by atoms with Gasteiger partial charge in [-0.15, -0.1) is 6.58 Å². The molecule has 0 bridgehead atoms. The summed E-state index contributed by atoms with van der Waals surface area (Å²) < 4.78 is 5.13. The first-order valence-electron chi connectivity index (χ1n) is 9.04. The minimum atomic E-state index is -1.23. The Labute approximate surface area is 164 Å². The first-order valence-corrected chi connectivity index (χ1v) is 9.04. The van der Waals surface area contributed by atoms with E-state index in [-0.39, 0.29) is 26.1 Å². The van der Waals surface area contributed by atoms with E-state index in [0.29, 0.717) is 0 Å². The van der Waals surface area contributed by atoms with Gasteiger partial charge in [-0.25, -0.2) is 4.79 Å². The Balaban J connectivity index is 2.62. The van der Waals surface area contributed by atoms with Crippen LogP contribution >= 0.6 is 0 Å². The summed E-state index contributed by atoms with van der Waals surface area (Å²) in [5.41, 5.74) is 0.776. The van der Waals surface area contributed by atoms with Gasteiger partial charge in [0.2, 0.25) is 11.8 Å². The molecular formula is C20H28N2O6. The Hall–Kier alpha value is -2.71. The topological polar surface area (TPSA) is 125 Å². The van der Waals surface area contributed by atoms with E-state index in [2.05, 4.69) is 17.2 Å². The first-order chi connectivity index (χ1) is 13.4. The molecule has 154 valence electrons. The molecule has 4 N–H and O–H groups in total. The van der Waals surface area contributed by atoms with Crippen LogP contribution in [0.2, 0.25) is 0 Å². The van der Waals surface area contributed by atoms with E-state index in [9.17, 15) is 19.5 Å². The fraction of sp³-hybridized carbons (Fsp3) is 0.450. The fourth-order valence-electron chi connectivity index (χ4n) is 2.39. The van der Waals surface area contributed by atoms with Crippen LogP contribution < -0.4 is 10.6 Å². The van der Waals surface area contributed by atoms with E-state index in [1.807, 2.05) is 6.07 Å². The summed E-state index contributed by atoms with van der Waals surface area (Å²) in [6.45, 7) is 4.37. The zero-order valence-electron chi connectivity index (χ0n) is 16.0. The third-order valence-electron chi connectivity index (χ3n) is 3.94. The summed E-state index contributed by atoms with van der Waals surface area (Å²) in [6.07, 6.45) is 1.57. The molecule has 0 aliphatic rings. The van der Waals surface area contributed by atoms with Crippen LogP contribution in [0.5, 0.6) is 0 Å². The van der Waals surface area contributed by atoms with Gasteiger partial charge in [-0.2, -0.15) is 0 Å². The minimum absolute atomic E-state index is 0.0174. The molecule has 8 nitrogen and oxygen atoms in total. The number of hydrogen-bond donors (Lipinski definition) is 4. The number of hydrogen-bond acceptors (Lipinski definition) is 6. The van der Waals surface area contributed by atoms with Crippen LogP contribution in [0.25, 0.3) is 0 Å². The third kappa shape index (κ3) is 8.32. The van der Waals surface area contributed by atoms with Crippen LogP contribution in [-0.4, -0.2) is 53.3 Å². The van der Waals surface area contributed by atoms with Crippen molar-refractivity contribution in [1.29, 1.82) is 0 Å². The van der Waals surface area contributed by atoms with Crippen molar-refractivity contribution >= 4 is 17.8 Å². The average Bonchev–Trinajstić information content (AvgIpc) is 2.70. The van der Waals surface area contributed by atoms with E-state index in [4.69, 9.17) is 9.84 Å². The minimum Gasteiger partial charge on any atom is -0.459 e. The summed E-state index contributed by atoms with van der Waals surface area (Å²) in [6, 6.07) is 7.34.